The molecule has 0 bridgehead atoms. The predicted octanol–water partition coefficient (Wildman–Crippen LogP) is 2.37. The fourth-order valence-electron chi connectivity index (χ4n) is 3.04. The molecule has 17 heavy (non-hydrogen) atoms. The minimum absolute atomic E-state index is 0.436. The van der Waals surface area contributed by atoms with Crippen LogP contribution in [0.1, 0.15) is 36.1 Å². The molecule has 2 unspecified atom stereocenters. The van der Waals surface area contributed by atoms with Crippen molar-refractivity contribution in [1.29, 1.82) is 0 Å². The molecule has 1 aliphatic carbocycles. The van der Waals surface area contributed by atoms with Gasteiger partial charge in [-0.25, -0.2) is 0 Å². The van der Waals surface area contributed by atoms with Gasteiger partial charge in [0, 0.05) is 6.04 Å². The van der Waals surface area contributed by atoms with Crippen LogP contribution < -0.4 is 5.73 Å². The molecule has 0 heterocycles. The van der Waals surface area contributed by atoms with E-state index in [1.165, 1.54) is 24.8 Å². The van der Waals surface area contributed by atoms with Crippen molar-refractivity contribution < 1.29 is 0 Å². The highest BCUT2D eigenvalue weighted by Gasteiger charge is 2.22. The van der Waals surface area contributed by atoms with Crippen molar-refractivity contribution in [1.82, 2.24) is 4.90 Å². The van der Waals surface area contributed by atoms with E-state index in [2.05, 4.69) is 44.1 Å². The second-order valence-corrected chi connectivity index (χ2v) is 5.50. The summed E-state index contributed by atoms with van der Waals surface area (Å²) < 4.78 is 0. The van der Waals surface area contributed by atoms with E-state index in [0.29, 0.717) is 12.0 Å². The maximum atomic E-state index is 5.83. The first-order valence-electron chi connectivity index (χ1n) is 6.61. The standard InChI is InChI=1S/C15H24N2/c1-11(10-16)15(17(2)3)14-8-7-12-5-4-6-13(12)9-14/h7-9,11,15H,4-6,10,16H2,1-3H3. The van der Waals surface area contributed by atoms with Gasteiger partial charge in [0.25, 0.3) is 0 Å². The van der Waals surface area contributed by atoms with Crippen LogP contribution in [0.3, 0.4) is 0 Å². The third kappa shape index (κ3) is 2.53. The van der Waals surface area contributed by atoms with Gasteiger partial charge in [-0.3, -0.25) is 0 Å². The zero-order valence-electron chi connectivity index (χ0n) is 11.2. The first kappa shape index (κ1) is 12.6. The molecule has 2 rings (SSSR count). The van der Waals surface area contributed by atoms with Gasteiger partial charge in [-0.1, -0.05) is 25.1 Å². The Kier molecular flexibility index (Phi) is 3.85. The Morgan fingerprint density at radius 3 is 2.59 bits per heavy atom. The van der Waals surface area contributed by atoms with Crippen molar-refractivity contribution in [3.8, 4) is 0 Å². The summed E-state index contributed by atoms with van der Waals surface area (Å²) >= 11 is 0. The fraction of sp³-hybridized carbons (Fsp3) is 0.600. The van der Waals surface area contributed by atoms with Gasteiger partial charge in [-0.05, 0) is 62.5 Å². The molecule has 0 aliphatic heterocycles. The van der Waals surface area contributed by atoms with Crippen LogP contribution >= 0.6 is 0 Å². The number of hydrogen-bond donors (Lipinski definition) is 1. The molecule has 0 aromatic heterocycles. The Morgan fingerprint density at radius 2 is 1.94 bits per heavy atom. The Hall–Kier alpha value is -0.860. The van der Waals surface area contributed by atoms with Crippen molar-refractivity contribution in [3.63, 3.8) is 0 Å². The average Bonchev–Trinajstić information content (AvgIpc) is 2.75. The van der Waals surface area contributed by atoms with Gasteiger partial charge in [0.05, 0.1) is 0 Å². The van der Waals surface area contributed by atoms with Crippen LogP contribution in [-0.4, -0.2) is 25.5 Å². The highest BCUT2D eigenvalue weighted by molar-refractivity contribution is 5.36. The molecule has 1 aromatic carbocycles. The van der Waals surface area contributed by atoms with E-state index in [4.69, 9.17) is 5.73 Å². The van der Waals surface area contributed by atoms with Gasteiger partial charge < -0.3 is 10.6 Å². The molecule has 0 radical (unpaired) electrons. The van der Waals surface area contributed by atoms with Gasteiger partial charge in [0.1, 0.15) is 0 Å². The molecular weight excluding hydrogens is 208 g/mol. The molecule has 2 heteroatoms. The van der Waals surface area contributed by atoms with Crippen molar-refractivity contribution in [2.45, 2.75) is 32.2 Å². The zero-order chi connectivity index (χ0) is 12.4. The quantitative estimate of drug-likeness (QED) is 0.863. The summed E-state index contributed by atoms with van der Waals surface area (Å²) in [6, 6.07) is 7.45. The van der Waals surface area contributed by atoms with E-state index in [0.717, 1.165) is 6.54 Å². The largest absolute Gasteiger partial charge is 0.330 e. The van der Waals surface area contributed by atoms with E-state index in [1.54, 1.807) is 11.1 Å². The molecule has 2 nitrogen and oxygen atoms in total. The second-order valence-electron chi connectivity index (χ2n) is 5.50. The SMILES string of the molecule is CC(CN)C(c1ccc2c(c1)CCC2)N(C)C. The van der Waals surface area contributed by atoms with E-state index in [1.807, 2.05) is 0 Å². The summed E-state index contributed by atoms with van der Waals surface area (Å²) in [7, 11) is 4.29. The minimum Gasteiger partial charge on any atom is -0.330 e. The number of nitrogens with two attached hydrogens (primary N) is 1. The monoisotopic (exact) mass is 232 g/mol. The summed E-state index contributed by atoms with van der Waals surface area (Å²) in [4.78, 5) is 2.29. The van der Waals surface area contributed by atoms with Crippen LogP contribution in [0.25, 0.3) is 0 Å². The average molecular weight is 232 g/mol. The highest BCUT2D eigenvalue weighted by Crippen LogP contribution is 2.30. The summed E-state index contributed by atoms with van der Waals surface area (Å²) in [5.41, 5.74) is 10.4. The molecule has 0 saturated carbocycles. The first-order valence-corrected chi connectivity index (χ1v) is 6.61. The fourth-order valence-corrected chi connectivity index (χ4v) is 3.04. The van der Waals surface area contributed by atoms with Crippen molar-refractivity contribution in [2.75, 3.05) is 20.6 Å². The molecule has 1 aromatic rings. The Labute approximate surface area is 105 Å². The van der Waals surface area contributed by atoms with Crippen LogP contribution in [0, 0.1) is 5.92 Å². The lowest BCUT2D eigenvalue weighted by atomic mass is 9.91. The predicted molar refractivity (Wildman–Crippen MR) is 73.1 cm³/mol. The smallest absolute Gasteiger partial charge is 0.0379 e. The van der Waals surface area contributed by atoms with Crippen LogP contribution in [0.15, 0.2) is 18.2 Å². The van der Waals surface area contributed by atoms with E-state index < -0.39 is 0 Å². The normalized spacial score (nSPS) is 18.2. The number of rotatable bonds is 4. The van der Waals surface area contributed by atoms with Crippen LogP contribution in [0.2, 0.25) is 0 Å². The topological polar surface area (TPSA) is 29.3 Å². The van der Waals surface area contributed by atoms with Crippen LogP contribution in [-0.2, 0) is 12.8 Å². The summed E-state index contributed by atoms with van der Waals surface area (Å²) in [6.07, 6.45) is 3.83. The molecule has 2 atom stereocenters. The molecule has 94 valence electrons. The molecular formula is C15H24N2. The molecule has 0 spiro atoms. The lowest BCUT2D eigenvalue weighted by molar-refractivity contribution is 0.227. The Morgan fingerprint density at radius 1 is 1.24 bits per heavy atom. The molecule has 2 N–H and O–H groups in total. The third-order valence-corrected chi connectivity index (χ3v) is 3.93. The third-order valence-electron chi connectivity index (χ3n) is 3.93. The number of aryl methyl sites for hydroxylation is 2. The van der Waals surface area contributed by atoms with Gasteiger partial charge >= 0.3 is 0 Å². The molecule has 0 saturated heterocycles. The number of benzene rings is 1. The van der Waals surface area contributed by atoms with Crippen LogP contribution in [0.4, 0.5) is 0 Å². The van der Waals surface area contributed by atoms with Crippen LogP contribution in [0.5, 0.6) is 0 Å². The second kappa shape index (κ2) is 5.19. The molecule has 1 aliphatic rings. The van der Waals surface area contributed by atoms with Gasteiger partial charge in [0.15, 0.2) is 0 Å². The number of fused-ring (bicyclic) bond motifs is 1. The Bertz CT molecular complexity index is 385. The molecule has 0 amide bonds. The highest BCUT2D eigenvalue weighted by atomic mass is 15.1. The first-order chi connectivity index (χ1) is 8.13. The van der Waals surface area contributed by atoms with E-state index >= 15 is 0 Å². The number of hydrogen-bond acceptors (Lipinski definition) is 2. The zero-order valence-corrected chi connectivity index (χ0v) is 11.2. The van der Waals surface area contributed by atoms with E-state index in [-0.39, 0.29) is 0 Å². The maximum Gasteiger partial charge on any atom is 0.0379 e. The Balaban J connectivity index is 2.30. The molecule has 0 fully saturated rings. The van der Waals surface area contributed by atoms with E-state index in [9.17, 15) is 0 Å². The minimum atomic E-state index is 0.436. The van der Waals surface area contributed by atoms with Crippen molar-refractivity contribution >= 4 is 0 Å². The van der Waals surface area contributed by atoms with Gasteiger partial charge in [-0.15, -0.1) is 0 Å². The van der Waals surface area contributed by atoms with Crippen molar-refractivity contribution in [3.05, 3.63) is 34.9 Å². The van der Waals surface area contributed by atoms with Gasteiger partial charge in [-0.2, -0.15) is 0 Å². The maximum absolute atomic E-state index is 5.83. The van der Waals surface area contributed by atoms with Crippen molar-refractivity contribution in [2.24, 2.45) is 11.7 Å². The lowest BCUT2D eigenvalue weighted by Gasteiger charge is -2.30. The lowest BCUT2D eigenvalue weighted by Crippen LogP contribution is -2.30. The van der Waals surface area contributed by atoms with Gasteiger partial charge in [0.2, 0.25) is 0 Å². The number of nitrogens with zero attached hydrogens (tertiary/aromatic N) is 1. The summed E-state index contributed by atoms with van der Waals surface area (Å²) in [5, 5.41) is 0. The summed E-state index contributed by atoms with van der Waals surface area (Å²) in [6.45, 7) is 2.97. The summed E-state index contributed by atoms with van der Waals surface area (Å²) in [5.74, 6) is 0.490.